The van der Waals surface area contributed by atoms with Crippen molar-refractivity contribution in [2.75, 3.05) is 0 Å². The van der Waals surface area contributed by atoms with Crippen LogP contribution in [0.2, 0.25) is 0 Å². The number of fused-ring (bicyclic) bond motifs is 1. The van der Waals surface area contributed by atoms with Crippen molar-refractivity contribution in [3.8, 4) is 5.69 Å². The van der Waals surface area contributed by atoms with Crippen LogP contribution in [0.3, 0.4) is 0 Å². The minimum Gasteiger partial charge on any atom is -0.481 e. The Morgan fingerprint density at radius 1 is 1.06 bits per heavy atom. The molecule has 0 bridgehead atoms. The van der Waals surface area contributed by atoms with Gasteiger partial charge in [-0.1, -0.05) is 38.1 Å². The Hall–Kier alpha value is -3.29. The van der Waals surface area contributed by atoms with Crippen LogP contribution in [0.4, 0.5) is 4.39 Å². The molecule has 0 aliphatic carbocycles. The number of aliphatic carboxylic acids is 1. The van der Waals surface area contributed by atoms with Crippen LogP contribution in [0.1, 0.15) is 43.9 Å². The van der Waals surface area contributed by atoms with E-state index in [1.807, 2.05) is 26.0 Å². The lowest BCUT2D eigenvalue weighted by atomic mass is 9.93. The summed E-state index contributed by atoms with van der Waals surface area (Å²) in [7, 11) is 0. The Morgan fingerprint density at radius 3 is 2.28 bits per heavy atom. The summed E-state index contributed by atoms with van der Waals surface area (Å²) in [5, 5.41) is 30.2. The predicted molar refractivity (Wildman–Crippen MR) is 122 cm³/mol. The number of pyridine rings is 1. The monoisotopic (exact) mass is 439 g/mol. The third-order valence-corrected chi connectivity index (χ3v) is 5.23. The summed E-state index contributed by atoms with van der Waals surface area (Å²) < 4.78 is 15.0. The topological polar surface area (TPSA) is 99.8 Å². The molecule has 168 valence electrons. The summed E-state index contributed by atoms with van der Waals surface area (Å²) >= 11 is 0. The molecule has 0 saturated carbocycles. The number of carboxylic acid groups (broad SMARTS) is 1. The number of aromatic nitrogens is 1. The van der Waals surface area contributed by atoms with Crippen LogP contribution in [0.25, 0.3) is 22.5 Å². The van der Waals surface area contributed by atoms with Crippen LogP contribution in [0.15, 0.2) is 59.4 Å². The SMILES string of the molecule is CC(C)c1c(C=C[C@@H](O)C[C@@H](O)CC(=O)O)n(-c2ccc(F)cc2)c(=O)c2ccccc12. The van der Waals surface area contributed by atoms with Gasteiger partial charge in [-0.05, 0) is 53.3 Å². The molecule has 2 atom stereocenters. The summed E-state index contributed by atoms with van der Waals surface area (Å²) in [6, 6.07) is 12.8. The van der Waals surface area contributed by atoms with Gasteiger partial charge in [0.15, 0.2) is 0 Å². The highest BCUT2D eigenvalue weighted by atomic mass is 19.1. The molecule has 1 aromatic heterocycles. The molecule has 3 rings (SSSR count). The van der Waals surface area contributed by atoms with Crippen molar-refractivity contribution in [2.45, 2.75) is 44.8 Å². The minimum atomic E-state index is -1.20. The number of hydrogen-bond acceptors (Lipinski definition) is 4. The summed E-state index contributed by atoms with van der Waals surface area (Å²) in [5.41, 5.74) is 1.60. The lowest BCUT2D eigenvalue weighted by Crippen LogP contribution is -2.23. The van der Waals surface area contributed by atoms with Crippen molar-refractivity contribution in [3.05, 3.63) is 82.0 Å². The highest BCUT2D eigenvalue weighted by Crippen LogP contribution is 2.30. The standard InChI is InChI=1S/C25H26FNO5/c1-15(2)24-20-5-3-4-6-21(20)25(32)27(17-9-7-16(26)8-10-17)22(24)12-11-18(28)13-19(29)14-23(30)31/h3-12,15,18-19,28-29H,13-14H2,1-2H3,(H,30,31)/t18-,19-/m1/s1. The van der Waals surface area contributed by atoms with E-state index in [2.05, 4.69) is 0 Å². The molecule has 6 nitrogen and oxygen atoms in total. The van der Waals surface area contributed by atoms with Gasteiger partial charge in [-0.2, -0.15) is 0 Å². The van der Waals surface area contributed by atoms with Gasteiger partial charge in [-0.3, -0.25) is 14.2 Å². The van der Waals surface area contributed by atoms with Crippen molar-refractivity contribution in [2.24, 2.45) is 0 Å². The number of carboxylic acids is 1. The molecule has 0 saturated heterocycles. The number of halogens is 1. The third kappa shape index (κ3) is 5.12. The van der Waals surface area contributed by atoms with E-state index in [1.165, 1.54) is 34.9 Å². The maximum Gasteiger partial charge on any atom is 0.305 e. The number of nitrogens with zero attached hydrogens (tertiary/aromatic N) is 1. The normalized spacial score (nSPS) is 13.7. The van der Waals surface area contributed by atoms with Gasteiger partial charge in [0.1, 0.15) is 5.82 Å². The molecule has 32 heavy (non-hydrogen) atoms. The molecule has 2 aromatic carbocycles. The van der Waals surface area contributed by atoms with Gasteiger partial charge in [-0.25, -0.2) is 4.39 Å². The van der Waals surface area contributed by atoms with Crippen LogP contribution in [-0.2, 0) is 4.79 Å². The van der Waals surface area contributed by atoms with Crippen molar-refractivity contribution in [1.82, 2.24) is 4.57 Å². The van der Waals surface area contributed by atoms with Crippen molar-refractivity contribution < 1.29 is 24.5 Å². The highest BCUT2D eigenvalue weighted by molar-refractivity contribution is 5.88. The predicted octanol–water partition coefficient (Wildman–Crippen LogP) is 3.85. The second-order valence-corrected chi connectivity index (χ2v) is 8.03. The fourth-order valence-electron chi connectivity index (χ4n) is 3.85. The zero-order chi connectivity index (χ0) is 23.4. The first-order valence-electron chi connectivity index (χ1n) is 10.4. The van der Waals surface area contributed by atoms with Gasteiger partial charge >= 0.3 is 5.97 Å². The quantitative estimate of drug-likeness (QED) is 0.495. The van der Waals surface area contributed by atoms with E-state index in [9.17, 15) is 24.2 Å². The molecule has 3 aromatic rings. The molecule has 0 aliphatic heterocycles. The first kappa shape index (κ1) is 23.4. The molecular weight excluding hydrogens is 413 g/mol. The number of benzene rings is 2. The average Bonchev–Trinajstić information content (AvgIpc) is 2.72. The van der Waals surface area contributed by atoms with E-state index in [-0.39, 0.29) is 17.9 Å². The van der Waals surface area contributed by atoms with Crippen LogP contribution in [0, 0.1) is 5.82 Å². The zero-order valence-electron chi connectivity index (χ0n) is 17.9. The van der Waals surface area contributed by atoms with Crippen molar-refractivity contribution in [1.29, 1.82) is 0 Å². The maximum atomic E-state index is 13.5. The van der Waals surface area contributed by atoms with E-state index in [4.69, 9.17) is 5.11 Å². The van der Waals surface area contributed by atoms with E-state index in [1.54, 1.807) is 18.2 Å². The zero-order valence-corrected chi connectivity index (χ0v) is 17.9. The van der Waals surface area contributed by atoms with Gasteiger partial charge in [0.2, 0.25) is 0 Å². The van der Waals surface area contributed by atoms with E-state index >= 15 is 0 Å². The molecule has 0 spiro atoms. The summed E-state index contributed by atoms with van der Waals surface area (Å²) in [6.07, 6.45) is 0.0813. The minimum absolute atomic E-state index is 0.0154. The van der Waals surface area contributed by atoms with Gasteiger partial charge < -0.3 is 15.3 Å². The molecule has 0 fully saturated rings. The lowest BCUT2D eigenvalue weighted by Gasteiger charge is -2.20. The first-order valence-corrected chi connectivity index (χ1v) is 10.4. The van der Waals surface area contributed by atoms with Crippen LogP contribution < -0.4 is 5.56 Å². The van der Waals surface area contributed by atoms with Crippen molar-refractivity contribution >= 4 is 22.8 Å². The largest absolute Gasteiger partial charge is 0.481 e. The molecule has 0 amide bonds. The molecule has 0 unspecified atom stereocenters. The van der Waals surface area contributed by atoms with E-state index in [0.29, 0.717) is 16.8 Å². The smallest absolute Gasteiger partial charge is 0.305 e. The number of aliphatic hydroxyl groups is 2. The Balaban J connectivity index is 2.19. The molecule has 1 heterocycles. The Kier molecular flexibility index (Phi) is 7.22. The average molecular weight is 439 g/mol. The Labute approximate surface area is 184 Å². The second kappa shape index (κ2) is 9.89. The van der Waals surface area contributed by atoms with Gasteiger partial charge in [0, 0.05) is 17.5 Å². The fraction of sp³-hybridized carbons (Fsp3) is 0.280. The van der Waals surface area contributed by atoms with Crippen LogP contribution >= 0.6 is 0 Å². The number of rotatable bonds is 8. The fourth-order valence-corrected chi connectivity index (χ4v) is 3.85. The van der Waals surface area contributed by atoms with Gasteiger partial charge in [0.25, 0.3) is 5.56 Å². The lowest BCUT2D eigenvalue weighted by molar-refractivity contribution is -0.139. The number of hydrogen-bond donors (Lipinski definition) is 3. The Morgan fingerprint density at radius 2 is 1.69 bits per heavy atom. The molecule has 0 radical (unpaired) electrons. The molecule has 7 heteroatoms. The molecule has 3 N–H and O–H groups in total. The second-order valence-electron chi connectivity index (χ2n) is 8.03. The van der Waals surface area contributed by atoms with Crippen LogP contribution in [-0.4, -0.2) is 38.1 Å². The molecular formula is C25H26FNO5. The summed E-state index contributed by atoms with van der Waals surface area (Å²) in [5.74, 6) is -1.57. The summed E-state index contributed by atoms with van der Waals surface area (Å²) in [4.78, 5) is 24.2. The number of carbonyl (C=O) groups is 1. The van der Waals surface area contributed by atoms with E-state index < -0.39 is 30.4 Å². The highest BCUT2D eigenvalue weighted by Gasteiger charge is 2.19. The van der Waals surface area contributed by atoms with Crippen LogP contribution in [0.5, 0.6) is 0 Å². The maximum absolute atomic E-state index is 13.5. The van der Waals surface area contributed by atoms with E-state index in [0.717, 1.165) is 10.9 Å². The third-order valence-electron chi connectivity index (χ3n) is 5.23. The first-order chi connectivity index (χ1) is 15.2. The summed E-state index contributed by atoms with van der Waals surface area (Å²) in [6.45, 7) is 3.98. The number of aliphatic hydroxyl groups excluding tert-OH is 2. The van der Waals surface area contributed by atoms with Crippen molar-refractivity contribution in [3.63, 3.8) is 0 Å². The van der Waals surface area contributed by atoms with Gasteiger partial charge in [0.05, 0.1) is 24.3 Å². The Bertz CT molecular complexity index is 1200. The molecule has 0 aliphatic rings. The van der Waals surface area contributed by atoms with Gasteiger partial charge in [-0.15, -0.1) is 0 Å².